The Hall–Kier alpha value is -0.560. The Bertz CT molecular complexity index is 153. The number of unbranched alkanes of at least 4 members (excludes halogenated alkanes) is 5. The minimum absolute atomic E-state index is 0.297. The summed E-state index contributed by atoms with van der Waals surface area (Å²) in [5.74, 6) is 0. The zero-order valence-electron chi connectivity index (χ0n) is 10.9. The molecule has 1 nitrogen and oxygen atoms in total. The Labute approximate surface area is 102 Å². The largest absolute Gasteiger partial charge is 0.378 e. The van der Waals surface area contributed by atoms with Crippen LogP contribution >= 0.6 is 0 Å². The Morgan fingerprint density at radius 2 is 1.50 bits per heavy atom. The quantitative estimate of drug-likeness (QED) is 0.339. The Balaban J connectivity index is 3.32. The van der Waals surface area contributed by atoms with Crippen LogP contribution in [0.5, 0.6) is 0 Å². The number of hydrogen-bond acceptors (Lipinski definition) is 1. The first-order valence-corrected chi connectivity index (χ1v) is 6.68. The van der Waals surface area contributed by atoms with Gasteiger partial charge in [0.2, 0.25) is 0 Å². The summed E-state index contributed by atoms with van der Waals surface area (Å²) in [4.78, 5) is 0. The smallest absolute Gasteiger partial charge is 0.0643 e. The summed E-state index contributed by atoms with van der Waals surface area (Å²) in [6.45, 7) is 10.6. The molecular weight excluding hydrogens is 196 g/mol. The molecule has 0 aromatic rings. The van der Waals surface area contributed by atoms with Crippen LogP contribution in [0, 0.1) is 0 Å². The van der Waals surface area contributed by atoms with Gasteiger partial charge in [-0.3, -0.25) is 0 Å². The average molecular weight is 224 g/mol. The van der Waals surface area contributed by atoms with Gasteiger partial charge in [-0.25, -0.2) is 0 Å². The van der Waals surface area contributed by atoms with Crippen LogP contribution in [-0.4, -0.2) is 12.7 Å². The van der Waals surface area contributed by atoms with Crippen molar-refractivity contribution in [2.24, 2.45) is 0 Å². The molecule has 0 saturated carbocycles. The van der Waals surface area contributed by atoms with E-state index >= 15 is 0 Å². The molecule has 16 heavy (non-hydrogen) atoms. The zero-order valence-corrected chi connectivity index (χ0v) is 10.9. The Kier molecular flexibility index (Phi) is 12.1. The van der Waals surface area contributed by atoms with Crippen molar-refractivity contribution in [2.45, 2.75) is 64.4 Å². The van der Waals surface area contributed by atoms with Gasteiger partial charge in [0.05, 0.1) is 6.10 Å². The lowest BCUT2D eigenvalue weighted by atomic mass is 10.1. The normalized spacial score (nSPS) is 10.6. The standard InChI is InChI=1S/C15H28O/c1-4-7-8-9-10-11-14-16-15(12-5-2)13-6-3/h5-6,15H,2-4,7-14H2,1H3. The first-order valence-electron chi connectivity index (χ1n) is 6.68. The molecule has 0 aromatic carbocycles. The summed E-state index contributed by atoms with van der Waals surface area (Å²) < 4.78 is 5.79. The molecule has 0 atom stereocenters. The van der Waals surface area contributed by atoms with Gasteiger partial charge < -0.3 is 4.74 Å². The Morgan fingerprint density at radius 1 is 0.938 bits per heavy atom. The average Bonchev–Trinajstić information content (AvgIpc) is 2.28. The molecule has 0 aliphatic carbocycles. The topological polar surface area (TPSA) is 9.23 Å². The van der Waals surface area contributed by atoms with E-state index in [4.69, 9.17) is 4.74 Å². The predicted molar refractivity (Wildman–Crippen MR) is 72.7 cm³/mol. The Morgan fingerprint density at radius 3 is 2.06 bits per heavy atom. The van der Waals surface area contributed by atoms with Gasteiger partial charge in [0, 0.05) is 6.61 Å². The second-order valence-electron chi connectivity index (χ2n) is 4.31. The summed E-state index contributed by atoms with van der Waals surface area (Å²) in [5, 5.41) is 0. The van der Waals surface area contributed by atoms with Crippen molar-refractivity contribution in [3.63, 3.8) is 0 Å². The molecule has 0 saturated heterocycles. The monoisotopic (exact) mass is 224 g/mol. The fraction of sp³-hybridized carbons (Fsp3) is 0.733. The maximum atomic E-state index is 5.79. The second kappa shape index (κ2) is 12.5. The maximum Gasteiger partial charge on any atom is 0.0643 e. The predicted octanol–water partition coefficient (Wildman–Crippen LogP) is 4.88. The van der Waals surface area contributed by atoms with Crippen LogP contribution < -0.4 is 0 Å². The fourth-order valence-corrected chi connectivity index (χ4v) is 1.74. The molecule has 0 amide bonds. The zero-order chi connectivity index (χ0) is 12.1. The van der Waals surface area contributed by atoms with Gasteiger partial charge in [0.1, 0.15) is 0 Å². The minimum atomic E-state index is 0.297. The van der Waals surface area contributed by atoms with Crippen LogP contribution in [0.3, 0.4) is 0 Å². The van der Waals surface area contributed by atoms with Gasteiger partial charge in [-0.1, -0.05) is 51.2 Å². The molecule has 0 bridgehead atoms. The first kappa shape index (κ1) is 15.4. The minimum Gasteiger partial charge on any atom is -0.378 e. The fourth-order valence-electron chi connectivity index (χ4n) is 1.74. The van der Waals surface area contributed by atoms with E-state index in [2.05, 4.69) is 20.1 Å². The van der Waals surface area contributed by atoms with Crippen molar-refractivity contribution in [1.82, 2.24) is 0 Å². The van der Waals surface area contributed by atoms with Gasteiger partial charge in [-0.2, -0.15) is 0 Å². The molecule has 0 aliphatic rings. The molecule has 0 unspecified atom stereocenters. The molecule has 0 rings (SSSR count). The van der Waals surface area contributed by atoms with Crippen LogP contribution in [0.4, 0.5) is 0 Å². The van der Waals surface area contributed by atoms with Gasteiger partial charge in [0.25, 0.3) is 0 Å². The summed E-state index contributed by atoms with van der Waals surface area (Å²) in [7, 11) is 0. The third kappa shape index (κ3) is 9.97. The lowest BCUT2D eigenvalue weighted by Crippen LogP contribution is -2.11. The molecule has 94 valence electrons. The molecule has 0 N–H and O–H groups in total. The van der Waals surface area contributed by atoms with E-state index in [0.29, 0.717) is 6.10 Å². The van der Waals surface area contributed by atoms with Crippen LogP contribution in [-0.2, 0) is 4.74 Å². The lowest BCUT2D eigenvalue weighted by molar-refractivity contribution is 0.0547. The number of ether oxygens (including phenoxy) is 1. The number of hydrogen-bond donors (Lipinski definition) is 0. The number of rotatable bonds is 12. The van der Waals surface area contributed by atoms with E-state index in [-0.39, 0.29) is 0 Å². The van der Waals surface area contributed by atoms with Crippen molar-refractivity contribution < 1.29 is 4.74 Å². The van der Waals surface area contributed by atoms with E-state index in [9.17, 15) is 0 Å². The van der Waals surface area contributed by atoms with Gasteiger partial charge >= 0.3 is 0 Å². The van der Waals surface area contributed by atoms with Crippen molar-refractivity contribution in [3.8, 4) is 0 Å². The molecule has 0 spiro atoms. The SMILES string of the molecule is C=CCC(CC=C)OCCCCCCCC. The summed E-state index contributed by atoms with van der Waals surface area (Å²) in [6, 6.07) is 0. The van der Waals surface area contributed by atoms with Gasteiger partial charge in [-0.05, 0) is 19.3 Å². The highest BCUT2D eigenvalue weighted by atomic mass is 16.5. The molecule has 0 heterocycles. The third-order valence-electron chi connectivity index (χ3n) is 2.71. The van der Waals surface area contributed by atoms with Crippen molar-refractivity contribution in [2.75, 3.05) is 6.61 Å². The molecule has 0 aromatic heterocycles. The highest BCUT2D eigenvalue weighted by molar-refractivity contribution is 4.80. The van der Waals surface area contributed by atoms with E-state index in [1.54, 1.807) is 0 Å². The van der Waals surface area contributed by atoms with Crippen LogP contribution in [0.1, 0.15) is 58.3 Å². The van der Waals surface area contributed by atoms with Gasteiger partial charge in [-0.15, -0.1) is 13.2 Å². The van der Waals surface area contributed by atoms with Crippen LogP contribution in [0.2, 0.25) is 0 Å². The van der Waals surface area contributed by atoms with Gasteiger partial charge in [0.15, 0.2) is 0 Å². The van der Waals surface area contributed by atoms with E-state index in [1.165, 1.54) is 38.5 Å². The van der Waals surface area contributed by atoms with Crippen molar-refractivity contribution in [1.29, 1.82) is 0 Å². The van der Waals surface area contributed by atoms with Crippen molar-refractivity contribution in [3.05, 3.63) is 25.3 Å². The van der Waals surface area contributed by atoms with Crippen molar-refractivity contribution >= 4 is 0 Å². The molecule has 0 fully saturated rings. The maximum absolute atomic E-state index is 5.79. The second-order valence-corrected chi connectivity index (χ2v) is 4.31. The summed E-state index contributed by atoms with van der Waals surface area (Å²) >= 11 is 0. The summed E-state index contributed by atoms with van der Waals surface area (Å²) in [6.07, 6.45) is 13.9. The highest BCUT2D eigenvalue weighted by Gasteiger charge is 2.03. The van der Waals surface area contributed by atoms with Crippen LogP contribution in [0.25, 0.3) is 0 Å². The molecule has 0 radical (unpaired) electrons. The molecular formula is C15H28O. The lowest BCUT2D eigenvalue weighted by Gasteiger charge is -2.14. The van der Waals surface area contributed by atoms with E-state index < -0.39 is 0 Å². The molecule has 0 aliphatic heterocycles. The summed E-state index contributed by atoms with van der Waals surface area (Å²) in [5.41, 5.74) is 0. The third-order valence-corrected chi connectivity index (χ3v) is 2.71. The molecule has 1 heteroatoms. The highest BCUT2D eigenvalue weighted by Crippen LogP contribution is 2.09. The first-order chi connectivity index (χ1) is 7.85. The van der Waals surface area contributed by atoms with Crippen LogP contribution in [0.15, 0.2) is 25.3 Å². The van der Waals surface area contributed by atoms with E-state index in [0.717, 1.165) is 19.4 Å². The van der Waals surface area contributed by atoms with E-state index in [1.807, 2.05) is 12.2 Å².